The summed E-state index contributed by atoms with van der Waals surface area (Å²) in [5, 5.41) is 2.86. The average Bonchev–Trinajstić information content (AvgIpc) is 3.00. The number of nitrogens with zero attached hydrogens (tertiary/aromatic N) is 3. The highest BCUT2D eigenvalue weighted by Gasteiger charge is 2.35. The van der Waals surface area contributed by atoms with E-state index in [2.05, 4.69) is 5.32 Å². The summed E-state index contributed by atoms with van der Waals surface area (Å²) < 4.78 is 4.95. The molecule has 0 unspecified atom stereocenters. The highest BCUT2D eigenvalue weighted by molar-refractivity contribution is 6.21. The van der Waals surface area contributed by atoms with E-state index < -0.39 is 0 Å². The fourth-order valence-electron chi connectivity index (χ4n) is 3.67. The summed E-state index contributed by atoms with van der Waals surface area (Å²) in [7, 11) is 1.63. The molecule has 0 saturated carbocycles. The molecule has 0 aromatic heterocycles. The predicted octanol–water partition coefficient (Wildman–Crippen LogP) is -0.0304. The molecule has 9 nitrogen and oxygen atoms in total. The Hall–Kier alpha value is -2.78. The highest BCUT2D eigenvalue weighted by atomic mass is 16.5. The molecule has 2 aliphatic heterocycles. The van der Waals surface area contributed by atoms with E-state index in [4.69, 9.17) is 4.74 Å². The first-order valence-corrected chi connectivity index (χ1v) is 10.2. The summed E-state index contributed by atoms with van der Waals surface area (Å²) in [4.78, 5) is 54.1. The summed E-state index contributed by atoms with van der Waals surface area (Å²) in [5.41, 5.74) is 0.785. The van der Waals surface area contributed by atoms with Gasteiger partial charge in [0, 0.05) is 59.4 Å². The molecule has 162 valence electrons. The van der Waals surface area contributed by atoms with E-state index >= 15 is 0 Å². The van der Waals surface area contributed by atoms with Gasteiger partial charge < -0.3 is 15.0 Å². The fourth-order valence-corrected chi connectivity index (χ4v) is 3.67. The van der Waals surface area contributed by atoms with Crippen LogP contribution in [0, 0.1) is 0 Å². The molecule has 1 fully saturated rings. The first-order valence-electron chi connectivity index (χ1n) is 10.2. The van der Waals surface area contributed by atoms with Gasteiger partial charge in [-0.25, -0.2) is 0 Å². The van der Waals surface area contributed by atoms with E-state index in [-0.39, 0.29) is 36.6 Å². The van der Waals surface area contributed by atoms with E-state index in [0.29, 0.717) is 57.0 Å². The second-order valence-electron chi connectivity index (χ2n) is 7.41. The minimum Gasteiger partial charge on any atom is -0.385 e. The number of hydrogen-bond acceptors (Lipinski definition) is 6. The monoisotopic (exact) mass is 416 g/mol. The Morgan fingerprint density at radius 2 is 1.67 bits per heavy atom. The van der Waals surface area contributed by atoms with Gasteiger partial charge in [0.05, 0.1) is 17.7 Å². The van der Waals surface area contributed by atoms with Gasteiger partial charge in [0.25, 0.3) is 11.8 Å². The maximum atomic E-state index is 12.5. The molecule has 1 aromatic rings. The second kappa shape index (κ2) is 10.3. The Bertz CT molecular complexity index is 769. The molecular formula is C21H28N4O5. The van der Waals surface area contributed by atoms with Crippen molar-refractivity contribution in [1.82, 2.24) is 20.0 Å². The lowest BCUT2D eigenvalue weighted by atomic mass is 10.1. The van der Waals surface area contributed by atoms with Crippen molar-refractivity contribution in [2.75, 3.05) is 59.5 Å². The van der Waals surface area contributed by atoms with Gasteiger partial charge in [0.1, 0.15) is 0 Å². The number of methoxy groups -OCH3 is 1. The van der Waals surface area contributed by atoms with Crippen LogP contribution in [0.15, 0.2) is 24.3 Å². The lowest BCUT2D eigenvalue weighted by molar-refractivity contribution is -0.133. The van der Waals surface area contributed by atoms with Crippen molar-refractivity contribution in [2.45, 2.75) is 12.8 Å². The van der Waals surface area contributed by atoms with Crippen LogP contribution in [-0.4, -0.2) is 97.9 Å². The Morgan fingerprint density at radius 1 is 1.03 bits per heavy atom. The summed E-state index contributed by atoms with van der Waals surface area (Å²) >= 11 is 0. The normalized spacial score (nSPS) is 16.7. The van der Waals surface area contributed by atoms with Crippen LogP contribution in [0.5, 0.6) is 0 Å². The Balaban J connectivity index is 1.38. The van der Waals surface area contributed by atoms with Crippen molar-refractivity contribution in [3.8, 4) is 0 Å². The van der Waals surface area contributed by atoms with Gasteiger partial charge in [-0.15, -0.1) is 0 Å². The summed E-state index contributed by atoms with van der Waals surface area (Å²) in [6.07, 6.45) is 0.878. The van der Waals surface area contributed by atoms with E-state index in [9.17, 15) is 19.2 Å². The maximum absolute atomic E-state index is 12.5. The molecule has 2 aliphatic rings. The molecule has 0 spiro atoms. The molecule has 0 atom stereocenters. The largest absolute Gasteiger partial charge is 0.385 e. The molecule has 4 amide bonds. The molecule has 2 heterocycles. The van der Waals surface area contributed by atoms with E-state index in [1.165, 1.54) is 0 Å². The smallest absolute Gasteiger partial charge is 0.261 e. The number of ether oxygens (including phenoxy) is 1. The van der Waals surface area contributed by atoms with Gasteiger partial charge in [0.15, 0.2) is 0 Å². The first-order chi connectivity index (χ1) is 14.5. The van der Waals surface area contributed by atoms with Gasteiger partial charge in [-0.2, -0.15) is 0 Å². The Morgan fingerprint density at radius 3 is 2.27 bits per heavy atom. The number of carbonyl (C=O) groups is 4. The lowest BCUT2D eigenvalue weighted by Gasteiger charge is -2.34. The third kappa shape index (κ3) is 5.22. The molecular weight excluding hydrogens is 388 g/mol. The first kappa shape index (κ1) is 21.9. The van der Waals surface area contributed by atoms with Crippen molar-refractivity contribution >= 4 is 23.6 Å². The van der Waals surface area contributed by atoms with Gasteiger partial charge in [-0.05, 0) is 18.6 Å². The molecule has 9 heteroatoms. The summed E-state index contributed by atoms with van der Waals surface area (Å²) in [6, 6.07) is 6.70. The van der Waals surface area contributed by atoms with Crippen LogP contribution in [0.4, 0.5) is 0 Å². The molecule has 0 aliphatic carbocycles. The topological polar surface area (TPSA) is 99.3 Å². The quantitative estimate of drug-likeness (QED) is 0.448. The zero-order valence-corrected chi connectivity index (χ0v) is 17.3. The van der Waals surface area contributed by atoms with E-state index in [1.807, 2.05) is 4.90 Å². The second-order valence-corrected chi connectivity index (χ2v) is 7.41. The number of amides is 4. The van der Waals surface area contributed by atoms with Crippen LogP contribution in [0.3, 0.4) is 0 Å². The van der Waals surface area contributed by atoms with Crippen LogP contribution in [0.2, 0.25) is 0 Å². The lowest BCUT2D eigenvalue weighted by Crippen LogP contribution is -2.51. The highest BCUT2D eigenvalue weighted by Crippen LogP contribution is 2.22. The number of piperazine rings is 1. The number of imide groups is 1. The fraction of sp³-hybridized carbons (Fsp3) is 0.524. The van der Waals surface area contributed by atoms with E-state index in [1.54, 1.807) is 36.3 Å². The van der Waals surface area contributed by atoms with Gasteiger partial charge in [0.2, 0.25) is 11.8 Å². The van der Waals surface area contributed by atoms with Crippen molar-refractivity contribution in [3.05, 3.63) is 35.4 Å². The molecule has 30 heavy (non-hydrogen) atoms. The number of rotatable bonds is 9. The van der Waals surface area contributed by atoms with Crippen molar-refractivity contribution < 1.29 is 23.9 Å². The minimum atomic E-state index is -0.343. The molecule has 1 N–H and O–H groups in total. The van der Waals surface area contributed by atoms with Crippen LogP contribution >= 0.6 is 0 Å². The number of benzene rings is 1. The maximum Gasteiger partial charge on any atom is 0.261 e. The standard InChI is InChI=1S/C21H28N4O5/c1-30-14-4-8-22-18(26)15-23-10-12-24(13-11-23)19(27)7-9-25-20(28)16-5-2-3-6-17(16)21(25)29/h2-3,5-6H,4,7-15H2,1H3,(H,22,26). The van der Waals surface area contributed by atoms with Gasteiger partial charge >= 0.3 is 0 Å². The number of hydrogen-bond donors (Lipinski definition) is 1. The Kier molecular flexibility index (Phi) is 7.53. The molecule has 0 radical (unpaired) electrons. The molecule has 1 saturated heterocycles. The van der Waals surface area contributed by atoms with Gasteiger partial charge in [-0.1, -0.05) is 12.1 Å². The average molecular weight is 416 g/mol. The van der Waals surface area contributed by atoms with Crippen LogP contribution < -0.4 is 5.32 Å². The number of fused-ring (bicyclic) bond motifs is 1. The third-order valence-electron chi connectivity index (χ3n) is 5.37. The third-order valence-corrected chi connectivity index (χ3v) is 5.37. The van der Waals surface area contributed by atoms with Crippen LogP contribution in [-0.2, 0) is 14.3 Å². The number of nitrogens with one attached hydrogen (secondary N) is 1. The van der Waals surface area contributed by atoms with Crippen LogP contribution in [0.25, 0.3) is 0 Å². The minimum absolute atomic E-state index is 0.0310. The Labute approximate surface area is 175 Å². The zero-order chi connectivity index (χ0) is 21.5. The molecule has 1 aromatic carbocycles. The van der Waals surface area contributed by atoms with Crippen molar-refractivity contribution in [1.29, 1.82) is 0 Å². The molecule has 3 rings (SSSR count). The van der Waals surface area contributed by atoms with Crippen LogP contribution in [0.1, 0.15) is 33.6 Å². The zero-order valence-electron chi connectivity index (χ0n) is 17.3. The summed E-state index contributed by atoms with van der Waals surface area (Å²) in [5.74, 6) is -0.804. The van der Waals surface area contributed by atoms with Crippen molar-refractivity contribution in [3.63, 3.8) is 0 Å². The van der Waals surface area contributed by atoms with Crippen molar-refractivity contribution in [2.24, 2.45) is 0 Å². The molecule has 0 bridgehead atoms. The predicted molar refractivity (Wildman–Crippen MR) is 109 cm³/mol. The SMILES string of the molecule is COCCCNC(=O)CN1CCN(C(=O)CCN2C(=O)c3ccccc3C2=O)CC1. The number of carbonyl (C=O) groups excluding carboxylic acids is 4. The van der Waals surface area contributed by atoms with Gasteiger partial charge in [-0.3, -0.25) is 29.0 Å². The van der Waals surface area contributed by atoms with E-state index in [0.717, 1.165) is 11.3 Å². The summed E-state index contributed by atoms with van der Waals surface area (Å²) in [6.45, 7) is 3.87.